The third-order valence-corrected chi connectivity index (χ3v) is 3.07. The molecule has 0 bridgehead atoms. The van der Waals surface area contributed by atoms with Crippen molar-refractivity contribution in [3.05, 3.63) is 35.9 Å². The van der Waals surface area contributed by atoms with Gasteiger partial charge in [0.15, 0.2) is 0 Å². The zero-order valence-electron chi connectivity index (χ0n) is 13.6. The summed E-state index contributed by atoms with van der Waals surface area (Å²) < 4.78 is 4.46. The van der Waals surface area contributed by atoms with Crippen LogP contribution in [0.3, 0.4) is 0 Å². The number of esters is 1. The monoisotopic (exact) mass is 335 g/mol. The van der Waals surface area contributed by atoms with Gasteiger partial charge in [0.1, 0.15) is 12.6 Å². The standard InChI is InChI=1S/C16H21N3O5/c1-11(20)17-9-14(21)19-13(8-12-6-4-3-5-7-12)16(23)18-10-15(22)24-2/h3-7,13H,8-10H2,1-2H3,(H,17,20)(H,18,23)(H,19,21)/t13-/m1/s1. The molecule has 0 unspecified atom stereocenters. The van der Waals surface area contributed by atoms with Crippen LogP contribution in [0.15, 0.2) is 30.3 Å². The fraction of sp³-hybridized carbons (Fsp3) is 0.375. The van der Waals surface area contributed by atoms with Crippen molar-refractivity contribution >= 4 is 23.7 Å². The Balaban J connectivity index is 2.70. The molecule has 8 nitrogen and oxygen atoms in total. The molecule has 0 saturated heterocycles. The van der Waals surface area contributed by atoms with Gasteiger partial charge >= 0.3 is 5.97 Å². The fourth-order valence-electron chi connectivity index (χ4n) is 1.86. The molecule has 0 heterocycles. The van der Waals surface area contributed by atoms with Gasteiger partial charge in [0.05, 0.1) is 13.7 Å². The molecular weight excluding hydrogens is 314 g/mol. The molecule has 0 saturated carbocycles. The molecule has 0 radical (unpaired) electrons. The van der Waals surface area contributed by atoms with Crippen LogP contribution in [0.1, 0.15) is 12.5 Å². The SMILES string of the molecule is COC(=O)CNC(=O)[C@@H](Cc1ccccc1)NC(=O)CNC(C)=O. The lowest BCUT2D eigenvalue weighted by Gasteiger charge is -2.18. The highest BCUT2D eigenvalue weighted by Crippen LogP contribution is 2.03. The first-order valence-electron chi connectivity index (χ1n) is 7.34. The first kappa shape index (κ1) is 19.1. The Morgan fingerprint density at radius 2 is 1.71 bits per heavy atom. The van der Waals surface area contributed by atoms with E-state index in [0.717, 1.165) is 5.56 Å². The van der Waals surface area contributed by atoms with Crippen LogP contribution in [-0.4, -0.2) is 49.9 Å². The molecule has 0 fully saturated rings. The summed E-state index contributed by atoms with van der Waals surface area (Å²) in [6.45, 7) is 0.769. The number of ether oxygens (including phenoxy) is 1. The third kappa shape index (κ3) is 7.39. The van der Waals surface area contributed by atoms with Crippen molar-refractivity contribution in [1.29, 1.82) is 0 Å². The number of hydrogen-bond donors (Lipinski definition) is 3. The van der Waals surface area contributed by atoms with Gasteiger partial charge < -0.3 is 20.7 Å². The number of nitrogens with one attached hydrogen (secondary N) is 3. The summed E-state index contributed by atoms with van der Waals surface area (Å²) in [6, 6.07) is 8.24. The Labute approximate surface area is 139 Å². The Morgan fingerprint density at radius 3 is 2.29 bits per heavy atom. The number of rotatable bonds is 8. The lowest BCUT2D eigenvalue weighted by Crippen LogP contribution is -2.51. The van der Waals surface area contributed by atoms with E-state index in [2.05, 4.69) is 20.7 Å². The molecule has 0 aliphatic carbocycles. The summed E-state index contributed by atoms with van der Waals surface area (Å²) in [6.07, 6.45) is 0.250. The average Bonchev–Trinajstić information content (AvgIpc) is 2.57. The fourth-order valence-corrected chi connectivity index (χ4v) is 1.86. The summed E-state index contributed by atoms with van der Waals surface area (Å²) in [5, 5.41) is 7.31. The lowest BCUT2D eigenvalue weighted by atomic mass is 10.1. The summed E-state index contributed by atoms with van der Waals surface area (Å²) >= 11 is 0. The van der Waals surface area contributed by atoms with Crippen molar-refractivity contribution in [3.63, 3.8) is 0 Å². The Bertz CT molecular complexity index is 589. The summed E-state index contributed by atoms with van der Waals surface area (Å²) in [4.78, 5) is 46.0. The van der Waals surface area contributed by atoms with E-state index < -0.39 is 23.8 Å². The topological polar surface area (TPSA) is 114 Å². The predicted octanol–water partition coefficient (Wildman–Crippen LogP) is -0.861. The zero-order chi connectivity index (χ0) is 17.9. The molecule has 1 rings (SSSR count). The molecule has 1 aromatic carbocycles. The molecule has 3 amide bonds. The number of hydrogen-bond acceptors (Lipinski definition) is 5. The highest BCUT2D eigenvalue weighted by molar-refractivity contribution is 5.91. The van der Waals surface area contributed by atoms with E-state index in [-0.39, 0.29) is 25.4 Å². The molecule has 1 atom stereocenters. The van der Waals surface area contributed by atoms with Crippen molar-refractivity contribution in [1.82, 2.24) is 16.0 Å². The van der Waals surface area contributed by atoms with Gasteiger partial charge in [-0.15, -0.1) is 0 Å². The summed E-state index contributed by atoms with van der Waals surface area (Å²) in [5.41, 5.74) is 0.843. The Morgan fingerprint density at radius 1 is 1.04 bits per heavy atom. The smallest absolute Gasteiger partial charge is 0.325 e. The molecular formula is C16H21N3O5. The quantitative estimate of drug-likeness (QED) is 0.535. The average molecular weight is 335 g/mol. The predicted molar refractivity (Wildman–Crippen MR) is 85.8 cm³/mol. The van der Waals surface area contributed by atoms with E-state index in [1.54, 1.807) is 0 Å². The Kier molecular flexibility index (Phi) is 7.97. The highest BCUT2D eigenvalue weighted by atomic mass is 16.5. The van der Waals surface area contributed by atoms with E-state index in [4.69, 9.17) is 0 Å². The van der Waals surface area contributed by atoms with E-state index >= 15 is 0 Å². The van der Waals surface area contributed by atoms with Crippen LogP contribution in [0, 0.1) is 0 Å². The van der Waals surface area contributed by atoms with Crippen molar-refractivity contribution in [2.24, 2.45) is 0 Å². The van der Waals surface area contributed by atoms with Gasteiger partial charge in [-0.25, -0.2) is 0 Å². The second kappa shape index (κ2) is 9.98. The van der Waals surface area contributed by atoms with Crippen LogP contribution in [0.5, 0.6) is 0 Å². The van der Waals surface area contributed by atoms with Crippen LogP contribution in [-0.2, 0) is 30.3 Å². The maximum absolute atomic E-state index is 12.2. The van der Waals surface area contributed by atoms with Crippen LogP contribution >= 0.6 is 0 Å². The van der Waals surface area contributed by atoms with Crippen LogP contribution in [0.2, 0.25) is 0 Å². The molecule has 0 aliphatic heterocycles. The first-order chi connectivity index (χ1) is 11.4. The van der Waals surface area contributed by atoms with Gasteiger partial charge in [0, 0.05) is 13.3 Å². The van der Waals surface area contributed by atoms with E-state index in [9.17, 15) is 19.2 Å². The van der Waals surface area contributed by atoms with E-state index in [0.29, 0.717) is 0 Å². The van der Waals surface area contributed by atoms with Gasteiger partial charge in [0.2, 0.25) is 17.7 Å². The maximum atomic E-state index is 12.2. The zero-order valence-corrected chi connectivity index (χ0v) is 13.6. The molecule has 24 heavy (non-hydrogen) atoms. The Hall–Kier alpha value is -2.90. The number of methoxy groups -OCH3 is 1. The van der Waals surface area contributed by atoms with E-state index in [1.165, 1.54) is 14.0 Å². The van der Waals surface area contributed by atoms with Crippen LogP contribution < -0.4 is 16.0 Å². The minimum absolute atomic E-state index is 0.231. The molecule has 0 spiro atoms. The second-order valence-electron chi connectivity index (χ2n) is 5.01. The van der Waals surface area contributed by atoms with Crippen molar-refractivity contribution in [2.45, 2.75) is 19.4 Å². The van der Waals surface area contributed by atoms with Crippen molar-refractivity contribution in [2.75, 3.05) is 20.2 Å². The molecule has 130 valence electrons. The summed E-state index contributed by atoms with van der Waals surface area (Å²) in [5.74, 6) is -1.95. The largest absolute Gasteiger partial charge is 0.468 e. The minimum atomic E-state index is -0.877. The van der Waals surface area contributed by atoms with Crippen molar-refractivity contribution < 1.29 is 23.9 Å². The number of benzene rings is 1. The highest BCUT2D eigenvalue weighted by Gasteiger charge is 2.21. The van der Waals surface area contributed by atoms with Gasteiger partial charge in [-0.1, -0.05) is 30.3 Å². The van der Waals surface area contributed by atoms with Crippen molar-refractivity contribution in [3.8, 4) is 0 Å². The number of carbonyl (C=O) groups is 4. The molecule has 0 aromatic heterocycles. The van der Waals surface area contributed by atoms with Gasteiger partial charge in [-0.3, -0.25) is 19.2 Å². The third-order valence-electron chi connectivity index (χ3n) is 3.07. The molecule has 1 aromatic rings. The van der Waals surface area contributed by atoms with Crippen LogP contribution in [0.25, 0.3) is 0 Å². The number of carbonyl (C=O) groups excluding carboxylic acids is 4. The van der Waals surface area contributed by atoms with Gasteiger partial charge in [-0.2, -0.15) is 0 Å². The summed E-state index contributed by atoms with van der Waals surface area (Å²) in [7, 11) is 1.21. The normalized spacial score (nSPS) is 11.1. The lowest BCUT2D eigenvalue weighted by molar-refractivity contribution is -0.141. The van der Waals surface area contributed by atoms with Gasteiger partial charge in [0.25, 0.3) is 0 Å². The minimum Gasteiger partial charge on any atom is -0.468 e. The van der Waals surface area contributed by atoms with E-state index in [1.807, 2.05) is 30.3 Å². The van der Waals surface area contributed by atoms with Crippen LogP contribution in [0.4, 0.5) is 0 Å². The molecule has 3 N–H and O–H groups in total. The van der Waals surface area contributed by atoms with Gasteiger partial charge in [-0.05, 0) is 5.56 Å². The molecule has 8 heteroatoms. The number of amides is 3. The molecule has 0 aliphatic rings. The second-order valence-corrected chi connectivity index (χ2v) is 5.01. The first-order valence-corrected chi connectivity index (χ1v) is 7.34. The maximum Gasteiger partial charge on any atom is 0.325 e.